The number of nitrogens with zero attached hydrogens (tertiary/aromatic N) is 4. The van der Waals surface area contributed by atoms with E-state index >= 15 is 0 Å². The molecule has 0 N–H and O–H groups in total. The second kappa shape index (κ2) is 7.41. The minimum absolute atomic E-state index is 0.0529. The average molecular weight is 290 g/mol. The van der Waals surface area contributed by atoms with Crippen molar-refractivity contribution < 1.29 is 0 Å². The highest BCUT2D eigenvalue weighted by Crippen LogP contribution is 2.04. The predicted molar refractivity (Wildman–Crippen MR) is 85.7 cm³/mol. The van der Waals surface area contributed by atoms with Crippen LogP contribution >= 0.6 is 0 Å². The number of rotatable bonds is 8. The second-order valence-electron chi connectivity index (χ2n) is 5.77. The van der Waals surface area contributed by atoms with Crippen LogP contribution in [0.4, 0.5) is 0 Å². The molecule has 2 aromatic heterocycles. The third-order valence-corrected chi connectivity index (χ3v) is 3.87. The zero-order valence-electron chi connectivity index (χ0n) is 13.3. The Bertz CT molecular complexity index is 614. The fraction of sp³-hybridized carbons (Fsp3) is 0.625. The Morgan fingerprint density at radius 2 is 2.05 bits per heavy atom. The van der Waals surface area contributed by atoms with Crippen molar-refractivity contribution in [1.82, 2.24) is 19.1 Å². The molecule has 0 aliphatic carbocycles. The van der Waals surface area contributed by atoms with Crippen molar-refractivity contribution in [1.29, 1.82) is 0 Å². The largest absolute Gasteiger partial charge is 0.350 e. The Labute approximate surface area is 126 Å². The topological polar surface area (TPSA) is 42.5 Å². The van der Waals surface area contributed by atoms with Crippen molar-refractivity contribution in [3.05, 3.63) is 34.9 Å². The molecule has 0 aromatic carbocycles. The molecule has 0 spiro atoms. The number of fused-ring (bicyclic) bond motifs is 1. The highest BCUT2D eigenvalue weighted by molar-refractivity contribution is 5.35. The summed E-state index contributed by atoms with van der Waals surface area (Å²) < 4.78 is 3.17. The van der Waals surface area contributed by atoms with Crippen LogP contribution in [-0.4, -0.2) is 38.2 Å². The van der Waals surface area contributed by atoms with Gasteiger partial charge >= 0.3 is 5.69 Å². The number of aromatic nitrogens is 3. The van der Waals surface area contributed by atoms with Gasteiger partial charge in [0.1, 0.15) is 0 Å². The molecule has 0 saturated heterocycles. The third-order valence-electron chi connectivity index (χ3n) is 3.87. The SMILES string of the molecule is CCCCCN(CCn1nc2ccccn2c1=O)C(C)C. The van der Waals surface area contributed by atoms with Crippen LogP contribution in [0.5, 0.6) is 0 Å². The Balaban J connectivity index is 2.02. The first kappa shape index (κ1) is 15.8. The van der Waals surface area contributed by atoms with Crippen LogP contribution in [0.3, 0.4) is 0 Å². The Hall–Kier alpha value is -1.62. The van der Waals surface area contributed by atoms with Gasteiger partial charge in [0, 0.05) is 18.8 Å². The van der Waals surface area contributed by atoms with E-state index in [2.05, 4.69) is 30.8 Å². The van der Waals surface area contributed by atoms with E-state index in [9.17, 15) is 4.79 Å². The van der Waals surface area contributed by atoms with Crippen molar-refractivity contribution in [2.24, 2.45) is 0 Å². The van der Waals surface area contributed by atoms with Gasteiger partial charge in [-0.1, -0.05) is 25.8 Å². The summed E-state index contributed by atoms with van der Waals surface area (Å²) in [6.07, 6.45) is 5.48. The van der Waals surface area contributed by atoms with Gasteiger partial charge in [0.05, 0.1) is 6.54 Å². The number of hydrogen-bond donors (Lipinski definition) is 0. The molecule has 2 heterocycles. The van der Waals surface area contributed by atoms with Gasteiger partial charge in [0.25, 0.3) is 0 Å². The highest BCUT2D eigenvalue weighted by atomic mass is 16.2. The number of hydrogen-bond acceptors (Lipinski definition) is 3. The van der Waals surface area contributed by atoms with E-state index in [1.807, 2.05) is 18.2 Å². The molecule has 0 radical (unpaired) electrons. The molecule has 0 bridgehead atoms. The summed E-state index contributed by atoms with van der Waals surface area (Å²) in [7, 11) is 0. The lowest BCUT2D eigenvalue weighted by Gasteiger charge is -2.26. The summed E-state index contributed by atoms with van der Waals surface area (Å²) in [6, 6.07) is 6.11. The normalized spacial score (nSPS) is 11.9. The van der Waals surface area contributed by atoms with E-state index in [1.165, 1.54) is 19.3 Å². The minimum Gasteiger partial charge on any atom is -0.299 e. The molecule has 21 heavy (non-hydrogen) atoms. The maximum atomic E-state index is 12.2. The van der Waals surface area contributed by atoms with Gasteiger partial charge in [-0.2, -0.15) is 0 Å². The van der Waals surface area contributed by atoms with Crippen molar-refractivity contribution in [2.75, 3.05) is 13.1 Å². The minimum atomic E-state index is -0.0529. The lowest BCUT2D eigenvalue weighted by molar-refractivity contribution is 0.205. The second-order valence-corrected chi connectivity index (χ2v) is 5.77. The van der Waals surface area contributed by atoms with Crippen molar-refractivity contribution in [2.45, 2.75) is 52.6 Å². The highest BCUT2D eigenvalue weighted by Gasteiger charge is 2.11. The lowest BCUT2D eigenvalue weighted by atomic mass is 10.2. The van der Waals surface area contributed by atoms with Gasteiger partial charge in [-0.3, -0.25) is 9.30 Å². The van der Waals surface area contributed by atoms with Crippen molar-refractivity contribution in [3.63, 3.8) is 0 Å². The maximum absolute atomic E-state index is 12.2. The smallest absolute Gasteiger partial charge is 0.299 e. The Morgan fingerprint density at radius 3 is 2.71 bits per heavy atom. The standard InChI is InChI=1S/C16H26N4O/c1-4-5-7-10-18(14(2)3)12-13-20-16(21)19-11-8-6-9-15(19)17-20/h6,8-9,11,14H,4-5,7,10,12-13H2,1-3H3. The van der Waals surface area contributed by atoms with Gasteiger partial charge in [0.15, 0.2) is 5.65 Å². The fourth-order valence-corrected chi connectivity index (χ4v) is 2.53. The maximum Gasteiger partial charge on any atom is 0.350 e. The van der Waals surface area contributed by atoms with Crippen molar-refractivity contribution in [3.8, 4) is 0 Å². The number of pyridine rings is 1. The van der Waals surface area contributed by atoms with E-state index < -0.39 is 0 Å². The molecule has 2 rings (SSSR count). The third kappa shape index (κ3) is 3.94. The molecule has 0 fully saturated rings. The van der Waals surface area contributed by atoms with Gasteiger partial charge < -0.3 is 0 Å². The van der Waals surface area contributed by atoms with Crippen LogP contribution in [0, 0.1) is 0 Å². The monoisotopic (exact) mass is 290 g/mol. The molecule has 0 amide bonds. The molecule has 5 heteroatoms. The molecule has 0 saturated carbocycles. The molecule has 0 unspecified atom stereocenters. The average Bonchev–Trinajstić information content (AvgIpc) is 2.79. The summed E-state index contributed by atoms with van der Waals surface area (Å²) in [5.41, 5.74) is 0.660. The first-order valence-corrected chi connectivity index (χ1v) is 7.91. The first-order valence-electron chi connectivity index (χ1n) is 7.91. The molecular weight excluding hydrogens is 264 g/mol. The summed E-state index contributed by atoms with van der Waals surface area (Å²) >= 11 is 0. The Kier molecular flexibility index (Phi) is 5.56. The van der Waals surface area contributed by atoms with E-state index in [0.717, 1.165) is 13.1 Å². The molecule has 0 atom stereocenters. The molecule has 116 valence electrons. The number of unbranched alkanes of at least 4 members (excludes halogenated alkanes) is 2. The molecular formula is C16H26N4O. The molecule has 0 aliphatic rings. The van der Waals surface area contributed by atoms with Crippen LogP contribution in [0.25, 0.3) is 5.65 Å². The van der Waals surface area contributed by atoms with Crippen molar-refractivity contribution >= 4 is 5.65 Å². The predicted octanol–water partition coefficient (Wildman–Crippen LogP) is 2.40. The first-order chi connectivity index (χ1) is 10.1. The molecule has 5 nitrogen and oxygen atoms in total. The quantitative estimate of drug-likeness (QED) is 0.701. The van der Waals surface area contributed by atoms with E-state index in [1.54, 1.807) is 15.3 Å². The van der Waals surface area contributed by atoms with Gasteiger partial charge in [0.2, 0.25) is 0 Å². The van der Waals surface area contributed by atoms with Crippen LogP contribution in [0.2, 0.25) is 0 Å². The van der Waals surface area contributed by atoms with Gasteiger partial charge in [-0.25, -0.2) is 9.48 Å². The fourth-order valence-electron chi connectivity index (χ4n) is 2.53. The summed E-state index contributed by atoms with van der Waals surface area (Å²) in [5, 5.41) is 4.38. The van der Waals surface area contributed by atoms with Crippen LogP contribution < -0.4 is 5.69 Å². The molecule has 0 aliphatic heterocycles. The van der Waals surface area contributed by atoms with Gasteiger partial charge in [-0.05, 0) is 38.9 Å². The van der Waals surface area contributed by atoms with Crippen LogP contribution in [0.1, 0.15) is 40.0 Å². The molecule has 2 aromatic rings. The Morgan fingerprint density at radius 1 is 1.24 bits per heavy atom. The zero-order valence-corrected chi connectivity index (χ0v) is 13.3. The van der Waals surface area contributed by atoms with E-state index in [0.29, 0.717) is 18.2 Å². The summed E-state index contributed by atoms with van der Waals surface area (Å²) in [5.74, 6) is 0. The lowest BCUT2D eigenvalue weighted by Crippen LogP contribution is -2.36. The zero-order chi connectivity index (χ0) is 15.2. The van der Waals surface area contributed by atoms with E-state index in [4.69, 9.17) is 0 Å². The van der Waals surface area contributed by atoms with Crippen LogP contribution in [-0.2, 0) is 6.54 Å². The van der Waals surface area contributed by atoms with Crippen LogP contribution in [0.15, 0.2) is 29.2 Å². The van der Waals surface area contributed by atoms with E-state index in [-0.39, 0.29) is 5.69 Å². The summed E-state index contributed by atoms with van der Waals surface area (Å²) in [4.78, 5) is 14.6. The summed E-state index contributed by atoms with van der Waals surface area (Å²) in [6.45, 7) is 9.23. The van der Waals surface area contributed by atoms with Gasteiger partial charge in [-0.15, -0.1) is 5.10 Å².